The van der Waals surface area contributed by atoms with Crippen molar-refractivity contribution in [2.45, 2.75) is 19.4 Å². The highest BCUT2D eigenvalue weighted by atomic mass is 35.5. The molecule has 0 aliphatic carbocycles. The Morgan fingerprint density at radius 1 is 1.20 bits per heavy atom. The van der Waals surface area contributed by atoms with Crippen molar-refractivity contribution in [1.29, 1.82) is 0 Å². The number of hydrogen-bond acceptors (Lipinski definition) is 4. The van der Waals surface area contributed by atoms with Gasteiger partial charge in [0.05, 0.1) is 0 Å². The first-order valence-corrected chi connectivity index (χ1v) is 8.07. The van der Waals surface area contributed by atoms with Gasteiger partial charge in [-0.15, -0.1) is 0 Å². The predicted molar refractivity (Wildman–Crippen MR) is 91.3 cm³/mol. The van der Waals surface area contributed by atoms with Gasteiger partial charge in [-0.25, -0.2) is 4.39 Å². The summed E-state index contributed by atoms with van der Waals surface area (Å²) in [4.78, 5) is 16.1. The highest BCUT2D eigenvalue weighted by Crippen LogP contribution is 2.17. The first-order chi connectivity index (χ1) is 12.1. The predicted octanol–water partition coefficient (Wildman–Crippen LogP) is 3.78. The molecular weight excluding hydrogens is 345 g/mol. The lowest BCUT2D eigenvalue weighted by Crippen LogP contribution is -2.23. The van der Waals surface area contributed by atoms with Crippen molar-refractivity contribution < 1.29 is 13.7 Å². The number of amides is 1. The van der Waals surface area contributed by atoms with Gasteiger partial charge in [-0.2, -0.15) is 4.98 Å². The molecule has 0 aliphatic heterocycles. The first-order valence-electron chi connectivity index (χ1n) is 7.70. The Hall–Kier alpha value is -2.73. The Kier molecular flexibility index (Phi) is 5.40. The van der Waals surface area contributed by atoms with E-state index >= 15 is 0 Å². The first kappa shape index (κ1) is 17.1. The number of aromatic nitrogens is 2. The minimum absolute atomic E-state index is 0.125. The third-order valence-corrected chi connectivity index (χ3v) is 3.77. The zero-order chi connectivity index (χ0) is 17.6. The molecule has 7 heteroatoms. The minimum atomic E-state index is -0.370. The summed E-state index contributed by atoms with van der Waals surface area (Å²) in [5.41, 5.74) is 1.49. The molecule has 1 aromatic heterocycles. The Labute approximate surface area is 148 Å². The molecule has 0 spiro atoms. The molecule has 5 nitrogen and oxygen atoms in total. The molecule has 25 heavy (non-hydrogen) atoms. The Morgan fingerprint density at radius 2 is 2.00 bits per heavy atom. The lowest BCUT2D eigenvalue weighted by Gasteiger charge is -2.04. The third-order valence-electron chi connectivity index (χ3n) is 3.52. The normalized spacial score (nSPS) is 10.6. The number of carbonyl (C=O) groups is 1. The standard InChI is InChI=1S/C18H15ClFN3O2/c19-14-6-4-12(5-7-14)11-21-16(24)8-9-17-22-18(23-25-17)13-2-1-3-15(20)10-13/h1-7,10H,8-9,11H2,(H,21,24). The molecule has 0 fully saturated rings. The van der Waals surface area contributed by atoms with E-state index in [9.17, 15) is 9.18 Å². The monoisotopic (exact) mass is 359 g/mol. The maximum Gasteiger partial charge on any atom is 0.227 e. The van der Waals surface area contributed by atoms with Crippen LogP contribution in [0.3, 0.4) is 0 Å². The van der Waals surface area contributed by atoms with Gasteiger partial charge in [0, 0.05) is 30.0 Å². The molecule has 0 unspecified atom stereocenters. The van der Waals surface area contributed by atoms with E-state index < -0.39 is 0 Å². The van der Waals surface area contributed by atoms with E-state index in [-0.39, 0.29) is 18.1 Å². The van der Waals surface area contributed by atoms with Crippen LogP contribution in [0.15, 0.2) is 53.1 Å². The summed E-state index contributed by atoms with van der Waals surface area (Å²) in [5, 5.41) is 7.28. The van der Waals surface area contributed by atoms with Crippen molar-refractivity contribution in [2.24, 2.45) is 0 Å². The largest absolute Gasteiger partial charge is 0.352 e. The Balaban J connectivity index is 1.50. The van der Waals surface area contributed by atoms with Crippen molar-refractivity contribution in [2.75, 3.05) is 0 Å². The molecule has 0 bridgehead atoms. The summed E-state index contributed by atoms with van der Waals surface area (Å²) in [6.07, 6.45) is 0.535. The quantitative estimate of drug-likeness (QED) is 0.727. The van der Waals surface area contributed by atoms with E-state index in [0.29, 0.717) is 35.3 Å². The van der Waals surface area contributed by atoms with Gasteiger partial charge >= 0.3 is 0 Å². The van der Waals surface area contributed by atoms with Gasteiger partial charge in [0.15, 0.2) is 0 Å². The highest BCUT2D eigenvalue weighted by Gasteiger charge is 2.11. The summed E-state index contributed by atoms with van der Waals surface area (Å²) in [6.45, 7) is 0.425. The Morgan fingerprint density at radius 3 is 2.76 bits per heavy atom. The van der Waals surface area contributed by atoms with Crippen LogP contribution in [0.25, 0.3) is 11.4 Å². The number of halogens is 2. The summed E-state index contributed by atoms with van der Waals surface area (Å²) >= 11 is 5.82. The fourth-order valence-corrected chi connectivity index (χ4v) is 2.34. The van der Waals surface area contributed by atoms with E-state index in [2.05, 4.69) is 15.5 Å². The number of nitrogens with zero attached hydrogens (tertiary/aromatic N) is 2. The van der Waals surface area contributed by atoms with Crippen LogP contribution in [-0.2, 0) is 17.8 Å². The molecule has 0 radical (unpaired) electrons. The van der Waals surface area contributed by atoms with Gasteiger partial charge in [-0.1, -0.05) is 41.0 Å². The molecule has 1 N–H and O–H groups in total. The second kappa shape index (κ2) is 7.90. The molecule has 0 aliphatic rings. The van der Waals surface area contributed by atoms with Gasteiger partial charge in [0.25, 0.3) is 0 Å². The number of rotatable bonds is 6. The second-order valence-electron chi connectivity index (χ2n) is 5.43. The Bertz CT molecular complexity index is 865. The number of hydrogen-bond donors (Lipinski definition) is 1. The van der Waals surface area contributed by atoms with Gasteiger partial charge in [0.1, 0.15) is 5.82 Å². The topological polar surface area (TPSA) is 68.0 Å². The van der Waals surface area contributed by atoms with Crippen LogP contribution in [0.4, 0.5) is 4.39 Å². The lowest BCUT2D eigenvalue weighted by atomic mass is 10.2. The molecule has 1 heterocycles. The van der Waals surface area contributed by atoms with Crippen molar-refractivity contribution >= 4 is 17.5 Å². The molecular formula is C18H15ClFN3O2. The summed E-state index contributed by atoms with van der Waals surface area (Å²) in [7, 11) is 0. The van der Waals surface area contributed by atoms with Crippen LogP contribution in [0.1, 0.15) is 17.9 Å². The van der Waals surface area contributed by atoms with Crippen LogP contribution >= 0.6 is 11.6 Å². The molecule has 0 saturated heterocycles. The number of aryl methyl sites for hydroxylation is 1. The summed E-state index contributed by atoms with van der Waals surface area (Å²) in [6, 6.07) is 13.2. The third kappa shape index (κ3) is 4.87. The smallest absolute Gasteiger partial charge is 0.227 e. The molecule has 128 valence electrons. The van der Waals surface area contributed by atoms with E-state index in [1.807, 2.05) is 12.1 Å². The number of benzene rings is 2. The molecule has 3 aromatic rings. The average Bonchev–Trinajstić information content (AvgIpc) is 3.08. The van der Waals surface area contributed by atoms with Crippen molar-refractivity contribution in [3.8, 4) is 11.4 Å². The second-order valence-corrected chi connectivity index (χ2v) is 5.86. The highest BCUT2D eigenvalue weighted by molar-refractivity contribution is 6.30. The molecule has 0 saturated carbocycles. The van der Waals surface area contributed by atoms with E-state index in [1.165, 1.54) is 12.1 Å². The van der Waals surface area contributed by atoms with Crippen molar-refractivity contribution in [3.63, 3.8) is 0 Å². The fourth-order valence-electron chi connectivity index (χ4n) is 2.21. The number of carbonyl (C=O) groups excluding carboxylic acids is 1. The van der Waals surface area contributed by atoms with Crippen LogP contribution in [0, 0.1) is 5.82 Å². The van der Waals surface area contributed by atoms with E-state index in [1.54, 1.807) is 24.3 Å². The van der Waals surface area contributed by atoms with Gasteiger partial charge in [-0.3, -0.25) is 4.79 Å². The van der Waals surface area contributed by atoms with Crippen LogP contribution in [0.2, 0.25) is 5.02 Å². The van der Waals surface area contributed by atoms with Gasteiger partial charge in [-0.05, 0) is 29.8 Å². The fraction of sp³-hybridized carbons (Fsp3) is 0.167. The molecule has 2 aromatic carbocycles. The van der Waals surface area contributed by atoms with Gasteiger partial charge in [0.2, 0.25) is 17.6 Å². The van der Waals surface area contributed by atoms with Crippen LogP contribution < -0.4 is 5.32 Å². The summed E-state index contributed by atoms with van der Waals surface area (Å²) in [5.74, 6) is 0.142. The number of nitrogens with one attached hydrogen (secondary N) is 1. The summed E-state index contributed by atoms with van der Waals surface area (Å²) < 4.78 is 18.3. The van der Waals surface area contributed by atoms with Crippen LogP contribution in [-0.4, -0.2) is 16.0 Å². The van der Waals surface area contributed by atoms with E-state index in [4.69, 9.17) is 16.1 Å². The molecule has 0 atom stereocenters. The van der Waals surface area contributed by atoms with E-state index in [0.717, 1.165) is 5.56 Å². The molecule has 3 rings (SSSR count). The molecule has 1 amide bonds. The van der Waals surface area contributed by atoms with Crippen molar-refractivity contribution in [3.05, 3.63) is 70.8 Å². The lowest BCUT2D eigenvalue weighted by molar-refractivity contribution is -0.121. The average molecular weight is 360 g/mol. The maximum atomic E-state index is 13.2. The minimum Gasteiger partial charge on any atom is -0.352 e. The van der Waals surface area contributed by atoms with Crippen molar-refractivity contribution in [1.82, 2.24) is 15.5 Å². The zero-order valence-corrected chi connectivity index (χ0v) is 14.0. The van der Waals surface area contributed by atoms with Crippen LogP contribution in [0.5, 0.6) is 0 Å². The zero-order valence-electron chi connectivity index (χ0n) is 13.2. The SMILES string of the molecule is O=C(CCc1nc(-c2cccc(F)c2)no1)NCc1ccc(Cl)cc1. The van der Waals surface area contributed by atoms with Gasteiger partial charge < -0.3 is 9.84 Å². The maximum absolute atomic E-state index is 13.2.